The average Bonchev–Trinajstić information content (AvgIpc) is 2.25. The summed E-state index contributed by atoms with van der Waals surface area (Å²) in [4.78, 5) is 0. The Hall–Kier alpha value is -0.350. The molecule has 0 aromatic heterocycles. The topological polar surface area (TPSA) is 0 Å². The number of hydrogen-bond acceptors (Lipinski definition) is 0. The van der Waals surface area contributed by atoms with Gasteiger partial charge >= 0.3 is 0 Å². The molecule has 1 aromatic rings. The first kappa shape index (κ1) is 11.7. The predicted octanol–water partition coefficient (Wildman–Crippen LogP) is 4.00. The summed E-state index contributed by atoms with van der Waals surface area (Å²) in [5.41, 5.74) is 0. The average molecular weight is 208 g/mol. The summed E-state index contributed by atoms with van der Waals surface area (Å²) in [5.74, 6) is 0. The molecule has 1 unspecified atom stereocenters. The summed E-state index contributed by atoms with van der Waals surface area (Å²) >= 11 is 0. The highest BCUT2D eigenvalue weighted by atomic mass is 31.1. The van der Waals surface area contributed by atoms with Crippen molar-refractivity contribution in [1.82, 2.24) is 0 Å². The van der Waals surface area contributed by atoms with Gasteiger partial charge in [0.25, 0.3) is 0 Å². The standard InChI is InChI=1S/C13H21P/c1-3-4-5-9-12-14(2)13-10-7-6-8-11-13/h6-8,10-11H,3-5,9,12H2,1-2H3. The second kappa shape index (κ2) is 7.01. The fraction of sp³-hybridized carbons (Fsp3) is 0.538. The van der Waals surface area contributed by atoms with E-state index in [-0.39, 0.29) is 7.92 Å². The Kier molecular flexibility index (Phi) is 5.87. The van der Waals surface area contributed by atoms with Gasteiger partial charge in [-0.25, -0.2) is 0 Å². The zero-order chi connectivity index (χ0) is 10.2. The van der Waals surface area contributed by atoms with Crippen LogP contribution in [0.3, 0.4) is 0 Å². The van der Waals surface area contributed by atoms with Crippen LogP contribution in [0.5, 0.6) is 0 Å². The minimum atomic E-state index is 0.108. The summed E-state index contributed by atoms with van der Waals surface area (Å²) in [6, 6.07) is 10.9. The second-order valence-corrected chi connectivity index (χ2v) is 6.18. The van der Waals surface area contributed by atoms with Crippen molar-refractivity contribution in [3.63, 3.8) is 0 Å². The molecule has 14 heavy (non-hydrogen) atoms. The van der Waals surface area contributed by atoms with Crippen molar-refractivity contribution in [2.75, 3.05) is 12.8 Å². The third kappa shape index (κ3) is 4.24. The van der Waals surface area contributed by atoms with Crippen LogP contribution < -0.4 is 5.30 Å². The molecule has 0 aliphatic carbocycles. The van der Waals surface area contributed by atoms with E-state index in [1.54, 1.807) is 5.30 Å². The van der Waals surface area contributed by atoms with Gasteiger partial charge in [0, 0.05) is 0 Å². The lowest BCUT2D eigenvalue weighted by Crippen LogP contribution is -2.01. The smallest absolute Gasteiger partial charge is 0.0243 e. The Morgan fingerprint density at radius 3 is 2.36 bits per heavy atom. The fourth-order valence-electron chi connectivity index (χ4n) is 1.59. The van der Waals surface area contributed by atoms with Crippen LogP contribution in [-0.4, -0.2) is 12.8 Å². The van der Waals surface area contributed by atoms with E-state index >= 15 is 0 Å². The van der Waals surface area contributed by atoms with E-state index in [4.69, 9.17) is 0 Å². The maximum absolute atomic E-state index is 2.40. The summed E-state index contributed by atoms with van der Waals surface area (Å²) in [7, 11) is 0.108. The van der Waals surface area contributed by atoms with Gasteiger partial charge in [-0.1, -0.05) is 64.4 Å². The van der Waals surface area contributed by atoms with Gasteiger partial charge in [-0.2, -0.15) is 0 Å². The van der Waals surface area contributed by atoms with Crippen molar-refractivity contribution in [3.05, 3.63) is 30.3 Å². The molecule has 78 valence electrons. The van der Waals surface area contributed by atoms with Gasteiger partial charge in [-0.3, -0.25) is 0 Å². The van der Waals surface area contributed by atoms with E-state index < -0.39 is 0 Å². The molecule has 0 amide bonds. The first-order valence-corrected chi connectivity index (χ1v) is 7.58. The van der Waals surface area contributed by atoms with E-state index in [1.807, 2.05) is 0 Å². The maximum Gasteiger partial charge on any atom is -0.0243 e. The third-order valence-corrected chi connectivity index (χ3v) is 4.71. The van der Waals surface area contributed by atoms with E-state index in [2.05, 4.69) is 43.9 Å². The number of unbranched alkanes of at least 4 members (excludes halogenated alkanes) is 3. The van der Waals surface area contributed by atoms with Gasteiger partial charge in [0.05, 0.1) is 0 Å². The number of benzene rings is 1. The molecule has 0 fully saturated rings. The third-order valence-electron chi connectivity index (χ3n) is 2.54. The Morgan fingerprint density at radius 1 is 1.00 bits per heavy atom. The minimum Gasteiger partial charge on any atom is -0.0785 e. The Balaban J connectivity index is 2.25. The zero-order valence-corrected chi connectivity index (χ0v) is 10.3. The molecule has 1 rings (SSSR count). The summed E-state index contributed by atoms with van der Waals surface area (Å²) in [5, 5.41) is 1.55. The highest BCUT2D eigenvalue weighted by molar-refractivity contribution is 7.64. The van der Waals surface area contributed by atoms with E-state index in [1.165, 1.54) is 31.8 Å². The Labute approximate surface area is 89.5 Å². The molecule has 0 saturated heterocycles. The van der Waals surface area contributed by atoms with Crippen molar-refractivity contribution in [2.24, 2.45) is 0 Å². The van der Waals surface area contributed by atoms with Crippen LogP contribution in [0.1, 0.15) is 32.6 Å². The van der Waals surface area contributed by atoms with Crippen LogP contribution in [0.15, 0.2) is 30.3 Å². The monoisotopic (exact) mass is 208 g/mol. The van der Waals surface area contributed by atoms with Crippen molar-refractivity contribution in [3.8, 4) is 0 Å². The summed E-state index contributed by atoms with van der Waals surface area (Å²) in [6.45, 7) is 4.67. The largest absolute Gasteiger partial charge is 0.0785 e. The Bertz CT molecular complexity index is 230. The summed E-state index contributed by atoms with van der Waals surface area (Å²) < 4.78 is 0. The van der Waals surface area contributed by atoms with Gasteiger partial charge in [0.2, 0.25) is 0 Å². The van der Waals surface area contributed by atoms with E-state index in [0.29, 0.717) is 0 Å². The van der Waals surface area contributed by atoms with E-state index in [0.717, 1.165) is 0 Å². The van der Waals surface area contributed by atoms with Crippen molar-refractivity contribution in [1.29, 1.82) is 0 Å². The van der Waals surface area contributed by atoms with Crippen molar-refractivity contribution in [2.45, 2.75) is 32.6 Å². The molecule has 1 atom stereocenters. The highest BCUT2D eigenvalue weighted by Gasteiger charge is 2.02. The molecule has 1 heteroatoms. The number of rotatable bonds is 6. The molecular formula is C13H21P. The van der Waals surface area contributed by atoms with Gasteiger partial charge in [0.15, 0.2) is 0 Å². The van der Waals surface area contributed by atoms with Gasteiger partial charge in [0.1, 0.15) is 0 Å². The predicted molar refractivity (Wildman–Crippen MR) is 67.9 cm³/mol. The quantitative estimate of drug-likeness (QED) is 0.489. The number of hydrogen-bond donors (Lipinski definition) is 0. The van der Waals surface area contributed by atoms with Crippen LogP contribution in [0.25, 0.3) is 0 Å². The molecule has 1 aromatic carbocycles. The van der Waals surface area contributed by atoms with Gasteiger partial charge < -0.3 is 0 Å². The zero-order valence-electron chi connectivity index (χ0n) is 9.37. The molecule has 0 radical (unpaired) electrons. The van der Waals surface area contributed by atoms with Crippen molar-refractivity contribution >= 4 is 13.2 Å². The molecule has 0 saturated carbocycles. The Morgan fingerprint density at radius 2 is 1.71 bits per heavy atom. The normalized spacial score (nSPS) is 12.7. The molecule has 0 aliphatic rings. The van der Waals surface area contributed by atoms with Crippen LogP contribution in [0, 0.1) is 0 Å². The summed E-state index contributed by atoms with van der Waals surface area (Å²) in [6.07, 6.45) is 6.96. The van der Waals surface area contributed by atoms with Crippen LogP contribution in [0.2, 0.25) is 0 Å². The van der Waals surface area contributed by atoms with Crippen molar-refractivity contribution < 1.29 is 0 Å². The van der Waals surface area contributed by atoms with Crippen LogP contribution >= 0.6 is 7.92 Å². The maximum atomic E-state index is 2.40. The molecule has 0 bridgehead atoms. The first-order chi connectivity index (χ1) is 6.84. The van der Waals surface area contributed by atoms with Crippen LogP contribution in [0.4, 0.5) is 0 Å². The van der Waals surface area contributed by atoms with Crippen LogP contribution in [-0.2, 0) is 0 Å². The van der Waals surface area contributed by atoms with E-state index in [9.17, 15) is 0 Å². The second-order valence-electron chi connectivity index (χ2n) is 3.82. The molecule has 0 heterocycles. The molecule has 0 nitrogen and oxygen atoms in total. The molecule has 0 aliphatic heterocycles. The lowest BCUT2D eigenvalue weighted by atomic mass is 10.2. The lowest BCUT2D eigenvalue weighted by molar-refractivity contribution is 0.705. The fourth-order valence-corrected chi connectivity index (χ4v) is 3.22. The molecule has 0 N–H and O–H groups in total. The SMILES string of the molecule is CCCCCCP(C)c1ccccc1. The molecule has 0 spiro atoms. The molecular weight excluding hydrogens is 187 g/mol. The minimum absolute atomic E-state index is 0.108. The lowest BCUT2D eigenvalue weighted by Gasteiger charge is -2.11. The van der Waals surface area contributed by atoms with Gasteiger partial charge in [-0.15, -0.1) is 0 Å². The first-order valence-electron chi connectivity index (χ1n) is 5.60. The highest BCUT2D eigenvalue weighted by Crippen LogP contribution is 2.30. The van der Waals surface area contributed by atoms with Gasteiger partial charge in [-0.05, 0) is 24.6 Å².